The van der Waals surface area contributed by atoms with Gasteiger partial charge in [-0.3, -0.25) is 4.79 Å². The second-order valence-corrected chi connectivity index (χ2v) is 3.62. The molecule has 1 heterocycles. The van der Waals surface area contributed by atoms with Crippen LogP contribution in [0.15, 0.2) is 0 Å². The van der Waals surface area contributed by atoms with Crippen molar-refractivity contribution in [2.45, 2.75) is 32.9 Å². The number of halogens is 1. The van der Waals surface area contributed by atoms with Crippen molar-refractivity contribution >= 4 is 5.91 Å². The Bertz CT molecular complexity index is 162. The summed E-state index contributed by atoms with van der Waals surface area (Å²) in [6.07, 6.45) is 0.690. The third kappa shape index (κ3) is 2.19. The van der Waals surface area contributed by atoms with Crippen LogP contribution < -0.4 is 0 Å². The molecule has 0 N–H and O–H groups in total. The van der Waals surface area contributed by atoms with Crippen LogP contribution >= 0.6 is 0 Å². The second kappa shape index (κ2) is 3.87. The number of rotatable bonds is 1. The molecule has 1 atom stereocenters. The fourth-order valence-electron chi connectivity index (χ4n) is 1.48. The van der Waals surface area contributed by atoms with Gasteiger partial charge in [-0.05, 0) is 25.7 Å². The molecular formula is C9H16FNO. The highest BCUT2D eigenvalue weighted by molar-refractivity contribution is 5.80. The van der Waals surface area contributed by atoms with Gasteiger partial charge in [0.25, 0.3) is 5.91 Å². The van der Waals surface area contributed by atoms with Crippen LogP contribution in [-0.2, 0) is 4.79 Å². The van der Waals surface area contributed by atoms with E-state index in [9.17, 15) is 9.18 Å². The number of carbonyl (C=O) groups excluding carboxylic acids is 1. The van der Waals surface area contributed by atoms with Crippen molar-refractivity contribution in [3.8, 4) is 0 Å². The van der Waals surface area contributed by atoms with Crippen molar-refractivity contribution in [1.29, 1.82) is 0 Å². The lowest BCUT2D eigenvalue weighted by atomic mass is 9.99. The molecule has 70 valence electrons. The van der Waals surface area contributed by atoms with E-state index in [1.165, 1.54) is 6.92 Å². The zero-order valence-corrected chi connectivity index (χ0v) is 7.72. The lowest BCUT2D eigenvalue weighted by Gasteiger charge is -2.30. The smallest absolute Gasteiger partial charge is 0.256 e. The van der Waals surface area contributed by atoms with Crippen molar-refractivity contribution in [3.05, 3.63) is 0 Å². The molecule has 3 heteroatoms. The summed E-state index contributed by atoms with van der Waals surface area (Å²) in [7, 11) is 0. The van der Waals surface area contributed by atoms with E-state index >= 15 is 0 Å². The second-order valence-electron chi connectivity index (χ2n) is 3.62. The van der Waals surface area contributed by atoms with Crippen LogP contribution in [0.2, 0.25) is 0 Å². The number of nitrogens with zero attached hydrogens (tertiary/aromatic N) is 1. The maximum absolute atomic E-state index is 12.6. The Kier molecular flexibility index (Phi) is 3.06. The molecule has 0 bridgehead atoms. The van der Waals surface area contributed by atoms with Crippen LogP contribution in [0.5, 0.6) is 0 Å². The standard InChI is InChI=1S/C9H16FNO/c1-7-3-5-11(6-4-7)9(12)8(2)10/h7-8H,3-6H2,1-2H3. The van der Waals surface area contributed by atoms with E-state index in [0.29, 0.717) is 5.92 Å². The van der Waals surface area contributed by atoms with Crippen molar-refractivity contribution in [2.75, 3.05) is 13.1 Å². The van der Waals surface area contributed by atoms with Crippen LogP contribution in [0.25, 0.3) is 0 Å². The van der Waals surface area contributed by atoms with Crippen LogP contribution in [0.1, 0.15) is 26.7 Å². The van der Waals surface area contributed by atoms with E-state index in [1.54, 1.807) is 4.90 Å². The molecule has 1 unspecified atom stereocenters. The molecule has 2 nitrogen and oxygen atoms in total. The molecule has 1 saturated heterocycles. The van der Waals surface area contributed by atoms with Crippen molar-refractivity contribution in [1.82, 2.24) is 4.90 Å². The third-order valence-corrected chi connectivity index (χ3v) is 2.44. The Hall–Kier alpha value is -0.600. The number of carbonyl (C=O) groups is 1. The Morgan fingerprint density at radius 2 is 2.00 bits per heavy atom. The van der Waals surface area contributed by atoms with Gasteiger partial charge < -0.3 is 4.90 Å². The molecule has 0 aromatic heterocycles. The first-order valence-corrected chi connectivity index (χ1v) is 4.54. The molecule has 0 aliphatic carbocycles. The minimum Gasteiger partial charge on any atom is -0.340 e. The zero-order chi connectivity index (χ0) is 9.14. The average Bonchev–Trinajstić information content (AvgIpc) is 2.04. The van der Waals surface area contributed by atoms with Crippen molar-refractivity contribution in [2.24, 2.45) is 5.92 Å². The number of hydrogen-bond donors (Lipinski definition) is 0. The van der Waals surface area contributed by atoms with E-state index in [0.717, 1.165) is 25.9 Å². The topological polar surface area (TPSA) is 20.3 Å². The summed E-state index contributed by atoms with van der Waals surface area (Å²) in [6.45, 7) is 4.93. The summed E-state index contributed by atoms with van der Waals surface area (Å²) >= 11 is 0. The van der Waals surface area contributed by atoms with Gasteiger partial charge in [0, 0.05) is 13.1 Å². The summed E-state index contributed by atoms with van der Waals surface area (Å²) in [5.41, 5.74) is 0. The van der Waals surface area contributed by atoms with Gasteiger partial charge in [-0.15, -0.1) is 0 Å². The Balaban J connectivity index is 2.39. The normalized spacial score (nSPS) is 22.4. The Morgan fingerprint density at radius 3 is 2.42 bits per heavy atom. The Morgan fingerprint density at radius 1 is 1.50 bits per heavy atom. The van der Waals surface area contributed by atoms with E-state index < -0.39 is 6.17 Å². The van der Waals surface area contributed by atoms with Gasteiger partial charge in [-0.1, -0.05) is 6.92 Å². The number of hydrogen-bond acceptors (Lipinski definition) is 1. The van der Waals surface area contributed by atoms with Gasteiger partial charge in [-0.2, -0.15) is 0 Å². The van der Waals surface area contributed by atoms with E-state index in [4.69, 9.17) is 0 Å². The summed E-state index contributed by atoms with van der Waals surface area (Å²) < 4.78 is 12.6. The summed E-state index contributed by atoms with van der Waals surface area (Å²) in [5.74, 6) is 0.339. The highest BCUT2D eigenvalue weighted by Crippen LogP contribution is 2.16. The van der Waals surface area contributed by atoms with E-state index in [2.05, 4.69) is 6.92 Å². The van der Waals surface area contributed by atoms with Crippen LogP contribution in [0, 0.1) is 5.92 Å². The predicted molar refractivity (Wildman–Crippen MR) is 45.5 cm³/mol. The van der Waals surface area contributed by atoms with Crippen molar-refractivity contribution < 1.29 is 9.18 Å². The van der Waals surface area contributed by atoms with Gasteiger partial charge in [0.05, 0.1) is 0 Å². The maximum atomic E-state index is 12.6. The summed E-state index contributed by atoms with van der Waals surface area (Å²) in [6, 6.07) is 0. The third-order valence-electron chi connectivity index (χ3n) is 2.44. The highest BCUT2D eigenvalue weighted by atomic mass is 19.1. The number of likely N-dealkylation sites (tertiary alicyclic amines) is 1. The number of amides is 1. The van der Waals surface area contributed by atoms with Gasteiger partial charge in [0.1, 0.15) is 0 Å². The van der Waals surface area contributed by atoms with Gasteiger partial charge >= 0.3 is 0 Å². The highest BCUT2D eigenvalue weighted by Gasteiger charge is 2.23. The number of alkyl halides is 1. The molecule has 1 aliphatic heterocycles. The Labute approximate surface area is 72.7 Å². The first kappa shape index (κ1) is 9.49. The molecule has 1 aliphatic rings. The van der Waals surface area contributed by atoms with Crippen LogP contribution in [0.4, 0.5) is 4.39 Å². The molecule has 1 amide bonds. The molecule has 1 fully saturated rings. The molecule has 0 radical (unpaired) electrons. The average molecular weight is 173 g/mol. The van der Waals surface area contributed by atoms with Gasteiger partial charge in [0.15, 0.2) is 6.17 Å². The minimum atomic E-state index is -1.33. The van der Waals surface area contributed by atoms with Crippen LogP contribution in [-0.4, -0.2) is 30.1 Å². The fourth-order valence-corrected chi connectivity index (χ4v) is 1.48. The SMILES string of the molecule is CC1CCN(C(=O)C(C)F)CC1. The van der Waals surface area contributed by atoms with E-state index in [-0.39, 0.29) is 5.91 Å². The molecule has 0 aromatic rings. The molecule has 12 heavy (non-hydrogen) atoms. The minimum absolute atomic E-state index is 0.345. The first-order chi connectivity index (χ1) is 5.61. The maximum Gasteiger partial charge on any atom is 0.256 e. The molecule has 0 saturated carbocycles. The monoisotopic (exact) mass is 173 g/mol. The molecule has 0 spiro atoms. The molecule has 0 aromatic carbocycles. The summed E-state index contributed by atoms with van der Waals surface area (Å²) in [5, 5.41) is 0. The van der Waals surface area contributed by atoms with Gasteiger partial charge in [0.2, 0.25) is 0 Å². The van der Waals surface area contributed by atoms with Crippen molar-refractivity contribution in [3.63, 3.8) is 0 Å². The fraction of sp³-hybridized carbons (Fsp3) is 0.889. The molecule has 1 rings (SSSR count). The zero-order valence-electron chi connectivity index (χ0n) is 7.72. The van der Waals surface area contributed by atoms with Gasteiger partial charge in [-0.25, -0.2) is 4.39 Å². The first-order valence-electron chi connectivity index (χ1n) is 4.54. The lowest BCUT2D eigenvalue weighted by Crippen LogP contribution is -2.41. The number of piperidine rings is 1. The largest absolute Gasteiger partial charge is 0.340 e. The van der Waals surface area contributed by atoms with Crippen LogP contribution in [0.3, 0.4) is 0 Å². The quantitative estimate of drug-likeness (QED) is 0.590. The lowest BCUT2D eigenvalue weighted by molar-refractivity contribution is -0.137. The predicted octanol–water partition coefficient (Wildman–Crippen LogP) is 1.60. The molecular weight excluding hydrogens is 157 g/mol. The van der Waals surface area contributed by atoms with E-state index in [1.807, 2.05) is 0 Å². The summed E-state index contributed by atoms with van der Waals surface area (Å²) in [4.78, 5) is 12.8.